The molecule has 2 fully saturated rings. The zero-order chi connectivity index (χ0) is 32.6. The number of nitrogens with zero attached hydrogens (tertiary/aromatic N) is 1. The first-order chi connectivity index (χ1) is 21.4. The molecule has 4 N–H and O–H groups in total. The van der Waals surface area contributed by atoms with Crippen molar-refractivity contribution in [2.45, 2.75) is 109 Å². The highest BCUT2D eigenvalue weighted by Crippen LogP contribution is 2.39. The molecule has 0 spiro atoms. The van der Waals surface area contributed by atoms with Crippen molar-refractivity contribution in [2.75, 3.05) is 26.3 Å². The molecular formula is C35H54N4O6. The van der Waals surface area contributed by atoms with Crippen LogP contribution in [0.1, 0.15) is 78.7 Å². The fourth-order valence-corrected chi connectivity index (χ4v) is 6.77. The number of carbonyl (C=O) groups is 3. The molecule has 3 heterocycles. The summed E-state index contributed by atoms with van der Waals surface area (Å²) in [5, 5.41) is 20.9. The molecule has 1 aliphatic carbocycles. The van der Waals surface area contributed by atoms with E-state index in [2.05, 4.69) is 20.9 Å². The second-order valence-electron chi connectivity index (χ2n) is 14.4. The van der Waals surface area contributed by atoms with E-state index in [1.54, 1.807) is 0 Å². The highest BCUT2D eigenvalue weighted by atomic mass is 16.5. The predicted molar refractivity (Wildman–Crippen MR) is 173 cm³/mol. The molecule has 10 heteroatoms. The molecule has 2 bridgehead atoms. The number of aliphatic hydroxyl groups is 1. The van der Waals surface area contributed by atoms with Crippen LogP contribution in [0, 0.1) is 17.8 Å². The molecule has 250 valence electrons. The summed E-state index contributed by atoms with van der Waals surface area (Å²) in [6.45, 7) is 11.5. The minimum atomic E-state index is -0.961. The summed E-state index contributed by atoms with van der Waals surface area (Å²) in [5.41, 5.74) is 0.560. The quantitative estimate of drug-likeness (QED) is 0.395. The summed E-state index contributed by atoms with van der Waals surface area (Å²) in [7, 11) is 0. The van der Waals surface area contributed by atoms with Gasteiger partial charge in [0.25, 0.3) is 0 Å². The molecule has 1 saturated carbocycles. The van der Waals surface area contributed by atoms with Gasteiger partial charge in [0.05, 0.1) is 37.7 Å². The summed E-state index contributed by atoms with van der Waals surface area (Å²) in [6.07, 6.45) is 8.10. The van der Waals surface area contributed by atoms with E-state index in [0.29, 0.717) is 37.9 Å². The van der Waals surface area contributed by atoms with Crippen molar-refractivity contribution >= 4 is 17.7 Å². The summed E-state index contributed by atoms with van der Waals surface area (Å²) < 4.78 is 11.2. The number of ether oxygens (including phenoxy) is 2. The Morgan fingerprint density at radius 2 is 1.76 bits per heavy atom. The Morgan fingerprint density at radius 1 is 1.04 bits per heavy atom. The molecule has 10 nitrogen and oxygen atoms in total. The van der Waals surface area contributed by atoms with Crippen LogP contribution in [0.4, 0.5) is 0 Å². The van der Waals surface area contributed by atoms with Crippen molar-refractivity contribution in [2.24, 2.45) is 17.8 Å². The van der Waals surface area contributed by atoms with Gasteiger partial charge in [0.1, 0.15) is 11.8 Å². The van der Waals surface area contributed by atoms with Crippen LogP contribution in [0.25, 0.3) is 0 Å². The number of piperidine rings is 1. The summed E-state index contributed by atoms with van der Waals surface area (Å²) in [4.78, 5) is 42.0. The van der Waals surface area contributed by atoms with Gasteiger partial charge in [-0.2, -0.15) is 0 Å². The number of hydrogen-bond acceptors (Lipinski definition) is 7. The monoisotopic (exact) mass is 626 g/mol. The number of hydrogen-bond donors (Lipinski definition) is 4. The molecule has 3 aliphatic heterocycles. The highest BCUT2D eigenvalue weighted by Gasteiger charge is 2.42. The predicted octanol–water partition coefficient (Wildman–Crippen LogP) is 3.32. The zero-order valence-electron chi connectivity index (χ0n) is 27.7. The van der Waals surface area contributed by atoms with Crippen molar-refractivity contribution < 1.29 is 29.0 Å². The number of benzene rings is 1. The number of amides is 3. The lowest BCUT2D eigenvalue weighted by atomic mass is 9.72. The molecule has 1 aromatic carbocycles. The Balaban J connectivity index is 1.58. The second kappa shape index (κ2) is 15.9. The smallest absolute Gasteiger partial charge is 0.247 e. The van der Waals surface area contributed by atoms with Gasteiger partial charge in [0.2, 0.25) is 17.7 Å². The number of nitrogens with one attached hydrogen (secondary N) is 3. The van der Waals surface area contributed by atoms with Crippen LogP contribution in [-0.2, 0) is 25.5 Å². The first kappa shape index (κ1) is 34.8. The van der Waals surface area contributed by atoms with Gasteiger partial charge < -0.3 is 30.5 Å². The number of likely N-dealkylation sites (tertiary alicyclic amines) is 1. The Bertz CT molecular complexity index is 1160. The average molecular weight is 627 g/mol. The van der Waals surface area contributed by atoms with E-state index in [0.717, 1.165) is 37.1 Å². The van der Waals surface area contributed by atoms with E-state index in [9.17, 15) is 19.5 Å². The minimum absolute atomic E-state index is 0.0114. The lowest BCUT2D eigenvalue weighted by Gasteiger charge is -2.47. The van der Waals surface area contributed by atoms with Crippen molar-refractivity contribution in [3.8, 4) is 5.75 Å². The maximum atomic E-state index is 13.7. The van der Waals surface area contributed by atoms with Crippen LogP contribution in [0.5, 0.6) is 5.75 Å². The number of aliphatic hydroxyl groups excluding tert-OH is 1. The van der Waals surface area contributed by atoms with Crippen LogP contribution >= 0.6 is 0 Å². The SMILES string of the molecule is CC(C)[C@@H]1NC(=O)/C=C/OCCCOc2ccc(cc2)C[C@@H]([C@H](O)CN2C[C@H]3CCCC[C@H]3C[C@H]2C(=O)NC(C)(C)C)NC1=O. The first-order valence-corrected chi connectivity index (χ1v) is 16.7. The molecule has 6 atom stereocenters. The molecule has 0 aromatic heterocycles. The Morgan fingerprint density at radius 3 is 2.44 bits per heavy atom. The third-order valence-corrected chi connectivity index (χ3v) is 9.13. The zero-order valence-corrected chi connectivity index (χ0v) is 27.7. The van der Waals surface area contributed by atoms with Crippen LogP contribution in [0.15, 0.2) is 36.6 Å². The van der Waals surface area contributed by atoms with E-state index in [1.807, 2.05) is 58.9 Å². The highest BCUT2D eigenvalue weighted by molar-refractivity contribution is 5.93. The largest absolute Gasteiger partial charge is 0.501 e. The molecule has 45 heavy (non-hydrogen) atoms. The normalized spacial score (nSPS) is 28.7. The second-order valence-corrected chi connectivity index (χ2v) is 14.4. The van der Waals surface area contributed by atoms with Gasteiger partial charge >= 0.3 is 0 Å². The summed E-state index contributed by atoms with van der Waals surface area (Å²) in [5.74, 6) is 0.714. The lowest BCUT2D eigenvalue weighted by Crippen LogP contribution is -2.61. The number of fused-ring (bicyclic) bond motifs is 15. The van der Waals surface area contributed by atoms with Gasteiger partial charge in [-0.05, 0) is 75.5 Å². The molecule has 0 unspecified atom stereocenters. The molecule has 4 aliphatic rings. The lowest BCUT2D eigenvalue weighted by molar-refractivity contribution is -0.133. The van der Waals surface area contributed by atoms with Crippen LogP contribution in [-0.4, -0.2) is 83.8 Å². The fourth-order valence-electron chi connectivity index (χ4n) is 6.77. The van der Waals surface area contributed by atoms with E-state index < -0.39 is 24.1 Å². The summed E-state index contributed by atoms with van der Waals surface area (Å²) in [6, 6.07) is 5.85. The van der Waals surface area contributed by atoms with E-state index in [4.69, 9.17) is 9.47 Å². The Labute approximate surface area is 268 Å². The van der Waals surface area contributed by atoms with Crippen molar-refractivity contribution in [1.82, 2.24) is 20.9 Å². The maximum absolute atomic E-state index is 13.7. The minimum Gasteiger partial charge on any atom is -0.501 e. The Hall–Kier alpha value is -3.11. The van der Waals surface area contributed by atoms with E-state index >= 15 is 0 Å². The molecule has 3 amide bonds. The van der Waals surface area contributed by atoms with Crippen molar-refractivity contribution in [3.05, 3.63) is 42.2 Å². The third kappa shape index (κ3) is 10.5. The third-order valence-electron chi connectivity index (χ3n) is 9.13. The molecule has 0 radical (unpaired) electrons. The first-order valence-electron chi connectivity index (χ1n) is 16.7. The molecule has 1 aromatic rings. The maximum Gasteiger partial charge on any atom is 0.247 e. The number of β-amino-alcohol motifs (C(OH)–C–C–N with tert-alkyl or cyclic N) is 1. The van der Waals surface area contributed by atoms with Crippen molar-refractivity contribution in [1.29, 1.82) is 0 Å². The molecule has 5 rings (SSSR count). The fraction of sp³-hybridized carbons (Fsp3) is 0.686. The average Bonchev–Trinajstić information content (AvgIpc) is 2.98. The van der Waals surface area contributed by atoms with Gasteiger partial charge in [-0.25, -0.2) is 0 Å². The topological polar surface area (TPSA) is 129 Å². The molecule has 1 saturated heterocycles. The van der Waals surface area contributed by atoms with Crippen molar-refractivity contribution in [3.63, 3.8) is 0 Å². The van der Waals surface area contributed by atoms with E-state index in [1.165, 1.54) is 25.2 Å². The Kier molecular flexibility index (Phi) is 12.3. The van der Waals surface area contributed by atoms with Crippen LogP contribution < -0.4 is 20.7 Å². The van der Waals surface area contributed by atoms with Gasteiger partial charge in [-0.1, -0.05) is 45.2 Å². The van der Waals surface area contributed by atoms with Gasteiger partial charge in [0.15, 0.2) is 0 Å². The van der Waals surface area contributed by atoms with Gasteiger partial charge in [0, 0.05) is 31.1 Å². The summed E-state index contributed by atoms with van der Waals surface area (Å²) >= 11 is 0. The van der Waals surface area contributed by atoms with Gasteiger partial charge in [-0.15, -0.1) is 0 Å². The van der Waals surface area contributed by atoms with Crippen LogP contribution in [0.3, 0.4) is 0 Å². The van der Waals surface area contributed by atoms with E-state index in [-0.39, 0.29) is 35.9 Å². The number of rotatable bonds is 5. The number of carbonyl (C=O) groups excluding carboxylic acids is 3. The standard InChI is InChI=1S/C35H54N4O6/c1-23(2)32-34(43)36-28(19-24-11-13-27(14-12-24)45-17-8-16-44-18-15-31(41)37-32)30(40)22-39-21-26-10-7-6-9-25(26)20-29(39)33(42)38-35(3,4)5/h11-15,18,23,25-26,28-30,32,40H,6-10,16-17,19-22H2,1-5H3,(H,36,43)(H,37,41)(H,38,42)/b18-15+/t25-,26+,28-,29-,30+,32-/m0/s1. The van der Waals surface area contributed by atoms with Crippen LogP contribution in [0.2, 0.25) is 0 Å². The molecular weight excluding hydrogens is 572 g/mol. The van der Waals surface area contributed by atoms with Gasteiger partial charge in [-0.3, -0.25) is 19.3 Å².